The van der Waals surface area contributed by atoms with Gasteiger partial charge in [0.15, 0.2) is 5.13 Å². The third-order valence-electron chi connectivity index (χ3n) is 4.87. The Bertz CT molecular complexity index is 1160. The summed E-state index contributed by atoms with van der Waals surface area (Å²) in [6.07, 6.45) is 4.68. The molecule has 0 fully saturated rings. The minimum absolute atomic E-state index is 0.0213. The van der Waals surface area contributed by atoms with E-state index in [1.165, 1.54) is 17.4 Å². The van der Waals surface area contributed by atoms with Crippen molar-refractivity contribution in [3.8, 4) is 5.75 Å². The van der Waals surface area contributed by atoms with Crippen LogP contribution in [0.5, 0.6) is 5.75 Å². The summed E-state index contributed by atoms with van der Waals surface area (Å²) >= 11 is 3.04. The third-order valence-corrected chi connectivity index (χ3v) is 7.01. The van der Waals surface area contributed by atoms with Crippen molar-refractivity contribution in [2.24, 2.45) is 0 Å². The van der Waals surface area contributed by atoms with Gasteiger partial charge in [0.25, 0.3) is 0 Å². The Morgan fingerprint density at radius 3 is 2.78 bits per heavy atom. The Kier molecular flexibility index (Phi) is 7.39. The number of carbonyl (C=O) groups is 1. The first-order chi connectivity index (χ1) is 15.6. The summed E-state index contributed by atoms with van der Waals surface area (Å²) in [7, 11) is 1.64. The molecule has 0 saturated carbocycles. The van der Waals surface area contributed by atoms with Gasteiger partial charge in [0.2, 0.25) is 5.91 Å². The molecule has 32 heavy (non-hydrogen) atoms. The van der Waals surface area contributed by atoms with Crippen molar-refractivity contribution in [2.45, 2.75) is 24.3 Å². The van der Waals surface area contributed by atoms with Crippen LogP contribution in [0.15, 0.2) is 65.8 Å². The summed E-state index contributed by atoms with van der Waals surface area (Å²) in [5.74, 6) is 1.25. The number of para-hydroxylation sites is 1. The molecule has 2 aromatic heterocycles. The van der Waals surface area contributed by atoms with Crippen molar-refractivity contribution in [2.75, 3.05) is 24.3 Å². The van der Waals surface area contributed by atoms with Gasteiger partial charge in [-0.05, 0) is 54.6 Å². The zero-order chi connectivity index (χ0) is 22.3. The molecule has 0 aliphatic carbocycles. The number of amides is 1. The molecule has 4 aromatic rings. The molecule has 0 atom stereocenters. The van der Waals surface area contributed by atoms with E-state index in [1.807, 2.05) is 42.6 Å². The minimum Gasteiger partial charge on any atom is -0.497 e. The predicted octanol–water partition coefficient (Wildman–Crippen LogP) is 5.25. The second kappa shape index (κ2) is 10.6. The van der Waals surface area contributed by atoms with Crippen LogP contribution in [0, 0.1) is 5.82 Å². The predicted molar refractivity (Wildman–Crippen MR) is 127 cm³/mol. The van der Waals surface area contributed by atoms with Crippen molar-refractivity contribution >= 4 is 44.4 Å². The molecule has 6 nitrogen and oxygen atoms in total. The Balaban J connectivity index is 1.41. The van der Waals surface area contributed by atoms with Crippen LogP contribution in [-0.2, 0) is 11.3 Å². The molecule has 0 spiro atoms. The average Bonchev–Trinajstić information content (AvgIpc) is 3.48. The standard InChI is InChI=1S/C23H23FN4O2S2/c1-30-17-8-10-18(11-9-17)31-16-3-7-21(29)28(15-14-27-13-4-12-25-27)23-26-22-19(24)5-2-6-20(22)32-23/h2,4-6,8-13H,3,7,14-16H2,1H3. The first-order valence-electron chi connectivity index (χ1n) is 10.2. The molecule has 0 N–H and O–H groups in total. The summed E-state index contributed by atoms with van der Waals surface area (Å²) in [5, 5.41) is 4.73. The number of carbonyl (C=O) groups excluding carboxylic acids is 1. The highest BCUT2D eigenvalue weighted by Gasteiger charge is 2.20. The number of thioether (sulfide) groups is 1. The quantitative estimate of drug-likeness (QED) is 0.234. The van der Waals surface area contributed by atoms with Gasteiger partial charge in [-0.15, -0.1) is 11.8 Å². The molecule has 1 amide bonds. The van der Waals surface area contributed by atoms with Crippen molar-refractivity contribution in [3.05, 3.63) is 66.7 Å². The van der Waals surface area contributed by atoms with Gasteiger partial charge in [0.1, 0.15) is 17.1 Å². The van der Waals surface area contributed by atoms with Crippen LogP contribution >= 0.6 is 23.1 Å². The van der Waals surface area contributed by atoms with E-state index in [2.05, 4.69) is 10.1 Å². The number of thiazole rings is 1. The van der Waals surface area contributed by atoms with E-state index in [4.69, 9.17) is 4.74 Å². The number of halogens is 1. The lowest BCUT2D eigenvalue weighted by atomic mass is 10.3. The number of rotatable bonds is 10. The van der Waals surface area contributed by atoms with E-state index in [0.717, 1.165) is 27.5 Å². The summed E-state index contributed by atoms with van der Waals surface area (Å²) < 4.78 is 21.8. The van der Waals surface area contributed by atoms with Crippen LogP contribution in [-0.4, -0.2) is 40.1 Å². The van der Waals surface area contributed by atoms with E-state index in [9.17, 15) is 9.18 Å². The molecule has 2 heterocycles. The minimum atomic E-state index is -0.375. The van der Waals surface area contributed by atoms with Crippen LogP contribution in [0.2, 0.25) is 0 Å². The van der Waals surface area contributed by atoms with Crippen LogP contribution in [0.25, 0.3) is 10.2 Å². The Hall–Kier alpha value is -2.91. The fourth-order valence-corrected chi connectivity index (χ4v) is 5.08. The maximum Gasteiger partial charge on any atom is 0.228 e. The number of benzene rings is 2. The van der Waals surface area contributed by atoms with Crippen molar-refractivity contribution in [1.29, 1.82) is 0 Å². The Labute approximate surface area is 194 Å². The SMILES string of the molecule is COc1ccc(SCCCC(=O)N(CCn2cccn2)c2nc3c(F)cccc3s2)cc1. The summed E-state index contributed by atoms with van der Waals surface area (Å²) in [6, 6.07) is 14.6. The highest BCUT2D eigenvalue weighted by molar-refractivity contribution is 7.99. The van der Waals surface area contributed by atoms with Gasteiger partial charge < -0.3 is 4.74 Å². The summed E-state index contributed by atoms with van der Waals surface area (Å²) in [5.41, 5.74) is 0.305. The molecule has 0 radical (unpaired) electrons. The lowest BCUT2D eigenvalue weighted by molar-refractivity contribution is -0.118. The first-order valence-corrected chi connectivity index (χ1v) is 12.0. The third kappa shape index (κ3) is 5.46. The van der Waals surface area contributed by atoms with Gasteiger partial charge >= 0.3 is 0 Å². The summed E-state index contributed by atoms with van der Waals surface area (Å²) in [4.78, 5) is 20.3. The summed E-state index contributed by atoms with van der Waals surface area (Å²) in [6.45, 7) is 0.964. The fraction of sp³-hybridized carbons (Fsp3) is 0.261. The zero-order valence-corrected chi connectivity index (χ0v) is 19.2. The molecule has 2 aromatic carbocycles. The van der Waals surface area contributed by atoms with Crippen LogP contribution in [0.4, 0.5) is 9.52 Å². The van der Waals surface area contributed by atoms with E-state index >= 15 is 0 Å². The van der Waals surface area contributed by atoms with E-state index in [-0.39, 0.29) is 11.7 Å². The number of methoxy groups -OCH3 is 1. The van der Waals surface area contributed by atoms with Crippen LogP contribution in [0.3, 0.4) is 0 Å². The van der Waals surface area contributed by atoms with Crippen molar-refractivity contribution in [1.82, 2.24) is 14.8 Å². The molecule has 0 unspecified atom stereocenters. The molecule has 9 heteroatoms. The van der Waals surface area contributed by atoms with Gasteiger partial charge in [-0.3, -0.25) is 14.4 Å². The number of hydrogen-bond acceptors (Lipinski definition) is 6. The molecule has 0 saturated heterocycles. The normalized spacial score (nSPS) is 11.1. The number of nitrogens with zero attached hydrogens (tertiary/aromatic N) is 4. The first kappa shape index (κ1) is 22.3. The molecular weight excluding hydrogens is 447 g/mol. The van der Waals surface area contributed by atoms with Crippen molar-refractivity contribution < 1.29 is 13.9 Å². The molecule has 166 valence electrons. The van der Waals surface area contributed by atoms with Gasteiger partial charge in [-0.25, -0.2) is 9.37 Å². The van der Waals surface area contributed by atoms with Crippen molar-refractivity contribution in [3.63, 3.8) is 0 Å². The van der Waals surface area contributed by atoms with Gasteiger partial charge in [0, 0.05) is 30.3 Å². The van der Waals surface area contributed by atoms with Gasteiger partial charge in [-0.1, -0.05) is 17.4 Å². The second-order valence-electron chi connectivity index (χ2n) is 7.03. The highest BCUT2D eigenvalue weighted by Crippen LogP contribution is 2.31. The molecular formula is C23H23FN4O2S2. The fourth-order valence-electron chi connectivity index (χ4n) is 3.20. The number of aromatic nitrogens is 3. The number of anilines is 1. The van der Waals surface area contributed by atoms with E-state index in [0.29, 0.717) is 30.2 Å². The Morgan fingerprint density at radius 2 is 2.06 bits per heavy atom. The second-order valence-corrected chi connectivity index (χ2v) is 9.20. The van der Waals surface area contributed by atoms with E-state index < -0.39 is 0 Å². The monoisotopic (exact) mass is 470 g/mol. The average molecular weight is 471 g/mol. The number of hydrogen-bond donors (Lipinski definition) is 0. The molecule has 0 aliphatic heterocycles. The zero-order valence-electron chi connectivity index (χ0n) is 17.6. The van der Waals surface area contributed by atoms with E-state index in [1.54, 1.807) is 40.7 Å². The van der Waals surface area contributed by atoms with Crippen LogP contribution < -0.4 is 9.64 Å². The maximum atomic E-state index is 14.1. The molecule has 0 aliphatic rings. The number of ether oxygens (including phenoxy) is 1. The van der Waals surface area contributed by atoms with Crippen LogP contribution in [0.1, 0.15) is 12.8 Å². The molecule has 4 rings (SSSR count). The maximum absolute atomic E-state index is 14.1. The number of fused-ring (bicyclic) bond motifs is 1. The molecule has 0 bridgehead atoms. The lowest BCUT2D eigenvalue weighted by Crippen LogP contribution is -2.34. The van der Waals surface area contributed by atoms with Gasteiger partial charge in [0.05, 0.1) is 18.4 Å². The topological polar surface area (TPSA) is 60.2 Å². The highest BCUT2D eigenvalue weighted by atomic mass is 32.2. The Morgan fingerprint density at radius 1 is 1.22 bits per heavy atom. The largest absolute Gasteiger partial charge is 0.497 e. The smallest absolute Gasteiger partial charge is 0.228 e. The van der Waals surface area contributed by atoms with Gasteiger partial charge in [-0.2, -0.15) is 5.10 Å². The lowest BCUT2D eigenvalue weighted by Gasteiger charge is -2.20.